The smallest absolute Gasteiger partial charge is 0.244 e. The first-order valence-electron chi connectivity index (χ1n) is 8.25. The van der Waals surface area contributed by atoms with E-state index in [9.17, 15) is 13.7 Å². The molecule has 1 aromatic carbocycles. The van der Waals surface area contributed by atoms with Gasteiger partial charge in [0.15, 0.2) is 0 Å². The topological polar surface area (TPSA) is 73.2 Å². The van der Waals surface area contributed by atoms with Gasteiger partial charge in [0.05, 0.1) is 5.56 Å². The number of nitrogens with one attached hydrogen (secondary N) is 1. The van der Waals surface area contributed by atoms with E-state index < -0.39 is 10.0 Å². The number of nitrogens with zero attached hydrogens (tertiary/aromatic N) is 2. The molecule has 0 spiro atoms. The van der Waals surface area contributed by atoms with E-state index in [4.69, 9.17) is 0 Å². The van der Waals surface area contributed by atoms with E-state index in [2.05, 4.69) is 5.32 Å². The Morgan fingerprint density at radius 2 is 1.96 bits per heavy atom. The lowest BCUT2D eigenvalue weighted by molar-refractivity contribution is 0.288. The zero-order valence-electron chi connectivity index (χ0n) is 13.5. The highest BCUT2D eigenvalue weighted by Crippen LogP contribution is 2.29. The molecule has 1 aliphatic carbocycles. The largest absolute Gasteiger partial charge is 0.314 e. The van der Waals surface area contributed by atoms with Crippen molar-refractivity contribution in [1.29, 1.82) is 5.26 Å². The van der Waals surface area contributed by atoms with Crippen molar-refractivity contribution in [1.82, 2.24) is 9.62 Å². The van der Waals surface area contributed by atoms with Gasteiger partial charge in [-0.05, 0) is 56.7 Å². The number of piperidine rings is 1. The predicted molar refractivity (Wildman–Crippen MR) is 88.4 cm³/mol. The maximum atomic E-state index is 12.9. The van der Waals surface area contributed by atoms with Crippen LogP contribution in [0.2, 0.25) is 0 Å². The van der Waals surface area contributed by atoms with Gasteiger partial charge in [-0.25, -0.2) is 8.42 Å². The monoisotopic (exact) mass is 333 g/mol. The lowest BCUT2D eigenvalue weighted by atomic mass is 10.1. The summed E-state index contributed by atoms with van der Waals surface area (Å²) in [6.07, 6.45) is 4.31. The summed E-state index contributed by atoms with van der Waals surface area (Å²) in [6.45, 7) is 3.87. The Morgan fingerprint density at radius 1 is 1.26 bits per heavy atom. The molecule has 0 radical (unpaired) electrons. The Kier molecular flexibility index (Phi) is 4.72. The molecule has 23 heavy (non-hydrogen) atoms. The van der Waals surface area contributed by atoms with E-state index in [0.29, 0.717) is 24.7 Å². The number of nitriles is 1. The van der Waals surface area contributed by atoms with E-state index in [1.807, 2.05) is 6.07 Å². The first kappa shape index (κ1) is 16.4. The number of aryl methyl sites for hydroxylation is 1. The number of sulfonamides is 1. The summed E-state index contributed by atoms with van der Waals surface area (Å²) in [5.74, 6) is 0.835. The second-order valence-corrected chi connectivity index (χ2v) is 8.50. The lowest BCUT2D eigenvalue weighted by Gasteiger charge is -2.32. The fourth-order valence-corrected chi connectivity index (χ4v) is 4.78. The predicted octanol–water partition coefficient (Wildman–Crippen LogP) is 2.02. The Bertz CT molecular complexity index is 712. The van der Waals surface area contributed by atoms with E-state index in [1.54, 1.807) is 19.1 Å². The second-order valence-electron chi connectivity index (χ2n) is 6.59. The molecule has 5 nitrogen and oxygen atoms in total. The summed E-state index contributed by atoms with van der Waals surface area (Å²) in [7, 11) is -3.59. The molecule has 1 saturated carbocycles. The van der Waals surface area contributed by atoms with Gasteiger partial charge in [0.2, 0.25) is 10.0 Å². The molecule has 124 valence electrons. The molecule has 3 rings (SSSR count). The molecule has 1 aliphatic heterocycles. The second kappa shape index (κ2) is 6.60. The Labute approximate surface area is 138 Å². The van der Waals surface area contributed by atoms with Gasteiger partial charge in [-0.1, -0.05) is 12.1 Å². The quantitative estimate of drug-likeness (QED) is 0.895. The highest BCUT2D eigenvalue weighted by Gasteiger charge is 2.32. The number of rotatable bonds is 5. The average molecular weight is 333 g/mol. The summed E-state index contributed by atoms with van der Waals surface area (Å²) in [4.78, 5) is 0.143. The molecule has 0 aromatic heterocycles. The highest BCUT2D eigenvalue weighted by atomic mass is 32.2. The molecule has 0 bridgehead atoms. The molecular formula is C17H23N3O2S. The molecule has 0 atom stereocenters. The first-order chi connectivity index (χ1) is 11.0. The van der Waals surface area contributed by atoms with Gasteiger partial charge in [-0.3, -0.25) is 0 Å². The van der Waals surface area contributed by atoms with E-state index in [-0.39, 0.29) is 10.5 Å². The number of benzene rings is 1. The van der Waals surface area contributed by atoms with Crippen LogP contribution < -0.4 is 5.32 Å². The first-order valence-corrected chi connectivity index (χ1v) is 9.69. The summed E-state index contributed by atoms with van der Waals surface area (Å²) in [5, 5.41) is 12.8. The van der Waals surface area contributed by atoms with Gasteiger partial charge in [0.1, 0.15) is 11.0 Å². The molecule has 1 heterocycles. The van der Waals surface area contributed by atoms with Gasteiger partial charge < -0.3 is 5.32 Å². The van der Waals surface area contributed by atoms with E-state index in [0.717, 1.165) is 25.3 Å². The van der Waals surface area contributed by atoms with E-state index in [1.165, 1.54) is 23.2 Å². The number of hydrogen-bond donors (Lipinski definition) is 1. The third-order valence-corrected chi connectivity index (χ3v) is 6.75. The van der Waals surface area contributed by atoms with Crippen LogP contribution in [0.15, 0.2) is 23.1 Å². The van der Waals surface area contributed by atoms with Crippen molar-refractivity contribution in [3.8, 4) is 6.07 Å². The zero-order chi connectivity index (χ0) is 16.4. The van der Waals surface area contributed by atoms with Crippen LogP contribution in [-0.4, -0.2) is 38.4 Å². The Hall–Kier alpha value is -1.42. The zero-order valence-corrected chi connectivity index (χ0v) is 14.3. The maximum absolute atomic E-state index is 12.9. The Balaban J connectivity index is 1.69. The third kappa shape index (κ3) is 3.57. The third-order valence-electron chi connectivity index (χ3n) is 4.81. The summed E-state index contributed by atoms with van der Waals surface area (Å²) < 4.78 is 27.2. The van der Waals surface area contributed by atoms with Crippen LogP contribution in [-0.2, 0) is 10.0 Å². The molecule has 0 unspecified atom stereocenters. The minimum atomic E-state index is -3.59. The van der Waals surface area contributed by atoms with Crippen molar-refractivity contribution in [2.24, 2.45) is 5.92 Å². The summed E-state index contributed by atoms with van der Waals surface area (Å²) >= 11 is 0. The van der Waals surface area contributed by atoms with Gasteiger partial charge in [0.25, 0.3) is 0 Å². The summed E-state index contributed by atoms with van der Waals surface area (Å²) in [5.41, 5.74) is 0.969. The van der Waals surface area contributed by atoms with Gasteiger partial charge in [-0.2, -0.15) is 9.57 Å². The van der Waals surface area contributed by atoms with Crippen LogP contribution in [0.25, 0.3) is 0 Å². The molecule has 1 saturated heterocycles. The van der Waals surface area contributed by atoms with Crippen molar-refractivity contribution in [3.63, 3.8) is 0 Å². The van der Waals surface area contributed by atoms with Gasteiger partial charge in [0, 0.05) is 19.1 Å². The van der Waals surface area contributed by atoms with Crippen LogP contribution >= 0.6 is 0 Å². The van der Waals surface area contributed by atoms with Crippen molar-refractivity contribution in [2.45, 2.75) is 43.5 Å². The Morgan fingerprint density at radius 3 is 2.57 bits per heavy atom. The average Bonchev–Trinajstić information content (AvgIpc) is 3.37. The van der Waals surface area contributed by atoms with Gasteiger partial charge in [-0.15, -0.1) is 0 Å². The van der Waals surface area contributed by atoms with Crippen molar-refractivity contribution < 1.29 is 8.42 Å². The molecule has 2 aliphatic rings. The van der Waals surface area contributed by atoms with Gasteiger partial charge >= 0.3 is 0 Å². The van der Waals surface area contributed by atoms with Crippen LogP contribution in [0.5, 0.6) is 0 Å². The maximum Gasteiger partial charge on any atom is 0.244 e. The fourth-order valence-electron chi connectivity index (χ4n) is 3.09. The fraction of sp³-hybridized carbons (Fsp3) is 0.588. The van der Waals surface area contributed by atoms with Crippen molar-refractivity contribution in [2.75, 3.05) is 19.6 Å². The van der Waals surface area contributed by atoms with Crippen molar-refractivity contribution >= 4 is 10.0 Å². The molecule has 2 fully saturated rings. The SMILES string of the molecule is Cc1cccc(S(=O)(=O)N2CCC(NCC3CC3)CC2)c1C#N. The molecule has 1 aromatic rings. The minimum Gasteiger partial charge on any atom is -0.314 e. The van der Waals surface area contributed by atoms with Crippen LogP contribution in [0.1, 0.15) is 36.8 Å². The molecular weight excluding hydrogens is 310 g/mol. The van der Waals surface area contributed by atoms with Crippen LogP contribution in [0, 0.1) is 24.2 Å². The normalized spacial score (nSPS) is 20.3. The minimum absolute atomic E-state index is 0.143. The highest BCUT2D eigenvalue weighted by molar-refractivity contribution is 7.89. The van der Waals surface area contributed by atoms with Crippen LogP contribution in [0.3, 0.4) is 0 Å². The standard InChI is InChI=1S/C17H23N3O2S/c1-13-3-2-4-17(16(13)11-18)23(21,22)20-9-7-15(8-10-20)19-12-14-5-6-14/h2-4,14-15,19H,5-10,12H2,1H3. The summed E-state index contributed by atoms with van der Waals surface area (Å²) in [6, 6.07) is 7.46. The van der Waals surface area contributed by atoms with E-state index >= 15 is 0 Å². The molecule has 6 heteroatoms. The van der Waals surface area contributed by atoms with Crippen molar-refractivity contribution in [3.05, 3.63) is 29.3 Å². The molecule has 0 amide bonds. The molecule has 1 N–H and O–H groups in total. The van der Waals surface area contributed by atoms with Crippen LogP contribution in [0.4, 0.5) is 0 Å². The number of hydrogen-bond acceptors (Lipinski definition) is 4. The lowest BCUT2D eigenvalue weighted by Crippen LogP contribution is -2.45.